The molecule has 0 saturated heterocycles. The van der Waals surface area contributed by atoms with E-state index in [1.807, 2.05) is 12.1 Å². The number of nitro groups is 1. The van der Waals surface area contributed by atoms with Crippen molar-refractivity contribution in [2.24, 2.45) is 0 Å². The number of benzene rings is 1. The summed E-state index contributed by atoms with van der Waals surface area (Å²) in [5, 5.41) is 20.8. The van der Waals surface area contributed by atoms with Crippen molar-refractivity contribution in [2.45, 2.75) is 0 Å². The van der Waals surface area contributed by atoms with Gasteiger partial charge >= 0.3 is 6.01 Å². The van der Waals surface area contributed by atoms with Crippen molar-refractivity contribution in [1.29, 1.82) is 0 Å². The summed E-state index contributed by atoms with van der Waals surface area (Å²) in [6.07, 6.45) is 2.68. The second-order valence-electron chi connectivity index (χ2n) is 4.69. The molecule has 126 valence electrons. The molecule has 0 aliphatic carbocycles. The largest absolute Gasteiger partial charge is 0.402 e. The van der Waals surface area contributed by atoms with Gasteiger partial charge in [-0.3, -0.25) is 20.2 Å². The molecule has 10 heteroatoms. The summed E-state index contributed by atoms with van der Waals surface area (Å²) in [5.41, 5.74) is 0.477. The van der Waals surface area contributed by atoms with E-state index in [-0.39, 0.29) is 11.7 Å². The predicted molar refractivity (Wildman–Crippen MR) is 96.1 cm³/mol. The smallest absolute Gasteiger partial charge is 0.322 e. The van der Waals surface area contributed by atoms with Crippen LogP contribution in [0.3, 0.4) is 0 Å². The molecule has 2 aromatic heterocycles. The molecule has 0 atom stereocenters. The lowest BCUT2D eigenvalue weighted by Gasteiger charge is -1.95. The minimum atomic E-state index is -0.500. The first kappa shape index (κ1) is 17.0. The van der Waals surface area contributed by atoms with Gasteiger partial charge in [0.2, 0.25) is 0 Å². The van der Waals surface area contributed by atoms with Gasteiger partial charge in [0.25, 0.3) is 17.5 Å². The van der Waals surface area contributed by atoms with Gasteiger partial charge in [-0.05, 0) is 39.7 Å². The summed E-state index contributed by atoms with van der Waals surface area (Å²) in [7, 11) is 0. The van der Waals surface area contributed by atoms with Crippen LogP contribution in [0.4, 0.5) is 11.7 Å². The number of amides is 1. The number of aromatic nitrogens is 2. The van der Waals surface area contributed by atoms with Crippen LogP contribution in [0.5, 0.6) is 0 Å². The number of non-ortho nitro benzene ring substituents is 1. The van der Waals surface area contributed by atoms with Gasteiger partial charge in [0, 0.05) is 18.2 Å². The summed E-state index contributed by atoms with van der Waals surface area (Å²) >= 11 is 4.76. The first-order valence-corrected chi connectivity index (χ1v) is 8.45. The number of nitro benzene ring substituents is 1. The van der Waals surface area contributed by atoms with Crippen LogP contribution in [-0.4, -0.2) is 21.0 Å². The number of thiophene rings is 1. The number of rotatable bonds is 5. The fraction of sp³-hybridized carbons (Fsp3) is 0. The number of anilines is 1. The molecule has 0 radical (unpaired) electrons. The maximum atomic E-state index is 11.9. The van der Waals surface area contributed by atoms with Crippen LogP contribution in [-0.2, 0) is 4.79 Å². The lowest BCUT2D eigenvalue weighted by molar-refractivity contribution is -0.384. The highest BCUT2D eigenvalue weighted by atomic mass is 79.9. The zero-order chi connectivity index (χ0) is 17.8. The average Bonchev–Trinajstić information content (AvgIpc) is 3.22. The number of hydrogen-bond donors (Lipinski definition) is 1. The summed E-state index contributed by atoms with van der Waals surface area (Å²) in [4.78, 5) is 22.9. The van der Waals surface area contributed by atoms with E-state index in [1.165, 1.54) is 35.6 Å². The summed E-state index contributed by atoms with van der Waals surface area (Å²) in [6.45, 7) is 0. The molecule has 1 aromatic carbocycles. The van der Waals surface area contributed by atoms with Gasteiger partial charge in [-0.2, -0.15) is 0 Å². The van der Waals surface area contributed by atoms with Crippen molar-refractivity contribution in [2.75, 3.05) is 5.32 Å². The molecule has 1 amide bonds. The van der Waals surface area contributed by atoms with Crippen molar-refractivity contribution < 1.29 is 14.1 Å². The van der Waals surface area contributed by atoms with E-state index >= 15 is 0 Å². The minimum Gasteiger partial charge on any atom is -0.402 e. The van der Waals surface area contributed by atoms with Crippen molar-refractivity contribution >= 4 is 51.0 Å². The standard InChI is InChI=1S/C15H9BrN4O4S/c16-12-6-5-11(25-12)14-18-19-15(24-14)17-13(21)7-4-9-2-1-3-10(8-9)20(22)23/h1-8H,(H,17,19,21). The van der Waals surface area contributed by atoms with E-state index in [0.717, 1.165) is 8.66 Å². The highest BCUT2D eigenvalue weighted by Gasteiger charge is 2.12. The Morgan fingerprint density at radius 2 is 2.16 bits per heavy atom. The van der Waals surface area contributed by atoms with Crippen molar-refractivity contribution in [3.05, 3.63) is 61.9 Å². The summed E-state index contributed by atoms with van der Waals surface area (Å²) in [5.74, 6) is -0.192. The minimum absolute atomic E-state index is 0.0341. The number of halogens is 1. The third kappa shape index (κ3) is 4.37. The SMILES string of the molecule is O=C(C=Cc1cccc([N+](=O)[O-])c1)Nc1nnc(-c2ccc(Br)s2)o1. The second-order valence-corrected chi connectivity index (χ2v) is 7.15. The van der Waals surface area contributed by atoms with E-state index in [2.05, 4.69) is 31.4 Å². The maximum absolute atomic E-state index is 11.9. The van der Waals surface area contributed by atoms with Crippen molar-refractivity contribution in [1.82, 2.24) is 10.2 Å². The van der Waals surface area contributed by atoms with Gasteiger partial charge < -0.3 is 4.42 Å². The van der Waals surface area contributed by atoms with E-state index in [1.54, 1.807) is 12.1 Å². The van der Waals surface area contributed by atoms with Crippen LogP contribution in [0.15, 0.2) is 50.7 Å². The fourth-order valence-corrected chi connectivity index (χ4v) is 3.17. The van der Waals surface area contributed by atoms with Crippen molar-refractivity contribution in [3.8, 4) is 10.8 Å². The maximum Gasteiger partial charge on any atom is 0.322 e. The van der Waals surface area contributed by atoms with Gasteiger partial charge in [0.05, 0.1) is 13.6 Å². The Morgan fingerprint density at radius 1 is 1.32 bits per heavy atom. The molecule has 8 nitrogen and oxygen atoms in total. The molecule has 2 heterocycles. The predicted octanol–water partition coefficient (Wildman–Crippen LogP) is 4.12. The molecule has 1 N–H and O–H groups in total. The average molecular weight is 421 g/mol. The Bertz CT molecular complexity index is 966. The molecule has 0 aliphatic heterocycles. The van der Waals surface area contributed by atoms with Crippen LogP contribution < -0.4 is 5.32 Å². The Labute approximate surface area is 153 Å². The molecule has 0 fully saturated rings. The Balaban J connectivity index is 1.66. The Morgan fingerprint density at radius 3 is 2.88 bits per heavy atom. The normalized spacial score (nSPS) is 10.9. The molecule has 25 heavy (non-hydrogen) atoms. The van der Waals surface area contributed by atoms with Crippen LogP contribution in [0.1, 0.15) is 5.56 Å². The van der Waals surface area contributed by atoms with Crippen LogP contribution in [0.2, 0.25) is 0 Å². The lowest BCUT2D eigenvalue weighted by Crippen LogP contribution is -2.07. The van der Waals surface area contributed by atoms with Crippen LogP contribution in [0.25, 0.3) is 16.8 Å². The monoisotopic (exact) mass is 420 g/mol. The molecule has 0 bridgehead atoms. The van der Waals surface area contributed by atoms with Crippen LogP contribution in [0, 0.1) is 10.1 Å². The molecule has 3 aromatic rings. The van der Waals surface area contributed by atoms with E-state index in [4.69, 9.17) is 4.42 Å². The number of hydrogen-bond acceptors (Lipinski definition) is 7. The summed E-state index contributed by atoms with van der Waals surface area (Å²) in [6, 6.07) is 9.56. The number of carbonyl (C=O) groups is 1. The van der Waals surface area contributed by atoms with E-state index in [9.17, 15) is 14.9 Å². The number of nitrogens with one attached hydrogen (secondary N) is 1. The van der Waals surface area contributed by atoms with Gasteiger partial charge in [0.15, 0.2) is 0 Å². The highest BCUT2D eigenvalue weighted by Crippen LogP contribution is 2.30. The Kier molecular flexibility index (Phi) is 5.00. The molecule has 0 unspecified atom stereocenters. The number of carbonyl (C=O) groups excluding carboxylic acids is 1. The molecular formula is C15H9BrN4O4S. The first-order chi connectivity index (χ1) is 12.0. The zero-order valence-corrected chi connectivity index (χ0v) is 14.8. The van der Waals surface area contributed by atoms with E-state index in [0.29, 0.717) is 11.5 Å². The molecule has 3 rings (SSSR count). The third-order valence-electron chi connectivity index (χ3n) is 2.95. The fourth-order valence-electron chi connectivity index (χ4n) is 1.86. The zero-order valence-electron chi connectivity index (χ0n) is 12.4. The van der Waals surface area contributed by atoms with Gasteiger partial charge in [-0.15, -0.1) is 16.4 Å². The quantitative estimate of drug-likeness (QED) is 0.377. The van der Waals surface area contributed by atoms with E-state index < -0.39 is 10.8 Å². The number of nitrogens with zero attached hydrogens (tertiary/aromatic N) is 3. The topological polar surface area (TPSA) is 111 Å². The van der Waals surface area contributed by atoms with Crippen LogP contribution >= 0.6 is 27.3 Å². The first-order valence-electron chi connectivity index (χ1n) is 6.84. The lowest BCUT2D eigenvalue weighted by atomic mass is 10.2. The molecule has 0 aliphatic rings. The van der Waals surface area contributed by atoms with Gasteiger partial charge in [-0.25, -0.2) is 0 Å². The molecule has 0 spiro atoms. The Hall–Kier alpha value is -2.85. The summed E-state index contributed by atoms with van der Waals surface area (Å²) < 4.78 is 6.29. The highest BCUT2D eigenvalue weighted by molar-refractivity contribution is 9.11. The molecule has 0 saturated carbocycles. The molecular weight excluding hydrogens is 412 g/mol. The third-order valence-corrected chi connectivity index (χ3v) is 4.56. The van der Waals surface area contributed by atoms with Crippen molar-refractivity contribution in [3.63, 3.8) is 0 Å². The second kappa shape index (κ2) is 7.36. The van der Waals surface area contributed by atoms with Gasteiger partial charge in [-0.1, -0.05) is 17.2 Å². The van der Waals surface area contributed by atoms with Gasteiger partial charge in [0.1, 0.15) is 0 Å².